The van der Waals surface area contributed by atoms with E-state index in [9.17, 15) is 14.0 Å². The second-order valence-corrected chi connectivity index (χ2v) is 8.14. The van der Waals surface area contributed by atoms with Crippen molar-refractivity contribution in [1.82, 2.24) is 14.9 Å². The lowest BCUT2D eigenvalue weighted by Gasteiger charge is -2.25. The van der Waals surface area contributed by atoms with Crippen molar-refractivity contribution >= 4 is 51.5 Å². The van der Waals surface area contributed by atoms with Gasteiger partial charge in [0.2, 0.25) is 11.8 Å². The Labute approximate surface area is 200 Å². The molecule has 1 saturated heterocycles. The van der Waals surface area contributed by atoms with Crippen molar-refractivity contribution in [2.24, 2.45) is 0 Å². The van der Waals surface area contributed by atoms with Gasteiger partial charge in [-0.1, -0.05) is 17.7 Å². The van der Waals surface area contributed by atoms with E-state index in [0.29, 0.717) is 53.4 Å². The van der Waals surface area contributed by atoms with Gasteiger partial charge in [-0.05, 0) is 37.1 Å². The summed E-state index contributed by atoms with van der Waals surface area (Å²) >= 11 is 5.88. The first-order valence-corrected chi connectivity index (χ1v) is 11.1. The van der Waals surface area contributed by atoms with E-state index >= 15 is 0 Å². The molecule has 10 heteroatoms. The van der Waals surface area contributed by atoms with Crippen molar-refractivity contribution in [3.63, 3.8) is 0 Å². The number of nitrogens with one attached hydrogen (secondary N) is 2. The summed E-state index contributed by atoms with van der Waals surface area (Å²) in [7, 11) is 1.50. The molecule has 0 aliphatic carbocycles. The Morgan fingerprint density at radius 1 is 1.26 bits per heavy atom. The fraction of sp³-hybridized carbons (Fsp3) is 0.250. The number of hydrogen-bond acceptors (Lipinski definition) is 6. The van der Waals surface area contributed by atoms with Crippen LogP contribution < -0.4 is 15.4 Å². The summed E-state index contributed by atoms with van der Waals surface area (Å²) in [6, 6.07) is 7.63. The topological polar surface area (TPSA) is 96.5 Å². The molecule has 1 aliphatic rings. The number of halogens is 2. The molecule has 2 N–H and O–H groups in total. The predicted octanol–water partition coefficient (Wildman–Crippen LogP) is 4.68. The molecule has 4 rings (SSSR count). The third-order valence-corrected chi connectivity index (χ3v) is 5.70. The number of carbonyl (C=O) groups is 2. The van der Waals surface area contributed by atoms with Gasteiger partial charge in [0.05, 0.1) is 23.3 Å². The third-order valence-electron chi connectivity index (χ3n) is 5.41. The van der Waals surface area contributed by atoms with Crippen molar-refractivity contribution in [2.75, 3.05) is 30.8 Å². The average molecular weight is 484 g/mol. The first-order chi connectivity index (χ1) is 16.4. The first-order valence-electron chi connectivity index (χ1n) is 10.7. The molecule has 3 aromatic rings. The van der Waals surface area contributed by atoms with Gasteiger partial charge in [-0.3, -0.25) is 9.59 Å². The molecular weight excluding hydrogens is 461 g/mol. The van der Waals surface area contributed by atoms with Gasteiger partial charge in [-0.25, -0.2) is 14.4 Å². The van der Waals surface area contributed by atoms with Crippen LogP contribution in [0.15, 0.2) is 48.8 Å². The lowest BCUT2D eigenvalue weighted by Crippen LogP contribution is -2.35. The van der Waals surface area contributed by atoms with Crippen LogP contribution in [0.1, 0.15) is 19.3 Å². The monoisotopic (exact) mass is 483 g/mol. The first kappa shape index (κ1) is 23.4. The number of nitrogens with zero attached hydrogens (tertiary/aromatic N) is 3. The Morgan fingerprint density at radius 3 is 2.88 bits per heavy atom. The summed E-state index contributed by atoms with van der Waals surface area (Å²) in [5.74, 6) is 0.0980. The lowest BCUT2D eigenvalue weighted by molar-refractivity contribution is -0.132. The smallest absolute Gasteiger partial charge is 0.248 e. The Bertz CT molecular complexity index is 1270. The van der Waals surface area contributed by atoms with E-state index in [-0.39, 0.29) is 16.8 Å². The van der Waals surface area contributed by atoms with Crippen LogP contribution in [0.2, 0.25) is 5.02 Å². The quantitative estimate of drug-likeness (QED) is 0.473. The predicted molar refractivity (Wildman–Crippen MR) is 129 cm³/mol. The Balaban J connectivity index is 1.55. The molecule has 8 nitrogen and oxygen atoms in total. The number of amides is 2. The third kappa shape index (κ3) is 5.43. The van der Waals surface area contributed by atoms with Gasteiger partial charge in [0.25, 0.3) is 0 Å². The van der Waals surface area contributed by atoms with Gasteiger partial charge in [0.15, 0.2) is 0 Å². The molecule has 0 saturated carbocycles. The lowest BCUT2D eigenvalue weighted by atomic mass is 10.1. The maximum Gasteiger partial charge on any atom is 0.248 e. The van der Waals surface area contributed by atoms with Crippen LogP contribution in [0.4, 0.5) is 21.6 Å². The van der Waals surface area contributed by atoms with E-state index in [1.165, 1.54) is 31.6 Å². The Morgan fingerprint density at radius 2 is 2.12 bits per heavy atom. The van der Waals surface area contributed by atoms with Crippen LogP contribution in [0, 0.1) is 5.82 Å². The molecule has 0 radical (unpaired) electrons. The minimum Gasteiger partial charge on any atom is -0.494 e. The highest BCUT2D eigenvalue weighted by Crippen LogP contribution is 2.33. The molecule has 2 aromatic carbocycles. The maximum absolute atomic E-state index is 13.5. The van der Waals surface area contributed by atoms with E-state index in [0.717, 1.165) is 12.8 Å². The molecule has 1 aliphatic heterocycles. The normalized spacial score (nSPS) is 14.0. The number of rotatable bonds is 7. The molecule has 1 aromatic heterocycles. The van der Waals surface area contributed by atoms with Gasteiger partial charge < -0.3 is 20.3 Å². The summed E-state index contributed by atoms with van der Waals surface area (Å²) in [6.45, 7) is 1.10. The van der Waals surface area contributed by atoms with E-state index in [1.807, 2.05) is 0 Å². The second kappa shape index (κ2) is 10.5. The van der Waals surface area contributed by atoms with Crippen LogP contribution in [0.5, 0.6) is 5.75 Å². The van der Waals surface area contributed by atoms with Gasteiger partial charge in [-0.2, -0.15) is 0 Å². The highest BCUT2D eigenvalue weighted by molar-refractivity contribution is 6.31. The SMILES string of the molecule is COc1cc2ncnc(Nc3ccc(F)c(Cl)c3)c2cc1NC(=O)/C=C/CN1CCCCC1=O. The molecule has 2 amide bonds. The molecular formula is C24H23ClFN5O3. The number of benzene rings is 2. The number of anilines is 3. The zero-order chi connectivity index (χ0) is 24.1. The minimum atomic E-state index is -0.521. The van der Waals surface area contributed by atoms with Crippen LogP contribution in [0.3, 0.4) is 0 Å². The summed E-state index contributed by atoms with van der Waals surface area (Å²) in [6.07, 6.45) is 6.89. The number of likely N-dealkylation sites (tertiary alicyclic amines) is 1. The molecule has 0 spiro atoms. The van der Waals surface area contributed by atoms with E-state index < -0.39 is 5.82 Å². The number of aromatic nitrogens is 2. The summed E-state index contributed by atoms with van der Waals surface area (Å²) in [5, 5.41) is 6.50. The second-order valence-electron chi connectivity index (χ2n) is 7.73. The zero-order valence-electron chi connectivity index (χ0n) is 18.5. The van der Waals surface area contributed by atoms with Crippen LogP contribution in [0.25, 0.3) is 10.9 Å². The van der Waals surface area contributed by atoms with Gasteiger partial charge in [0, 0.05) is 42.7 Å². The number of carbonyl (C=O) groups excluding carboxylic acids is 2. The van der Waals surface area contributed by atoms with Gasteiger partial charge in [-0.15, -0.1) is 0 Å². The average Bonchev–Trinajstić information content (AvgIpc) is 2.82. The van der Waals surface area contributed by atoms with Crippen molar-refractivity contribution < 1.29 is 18.7 Å². The minimum absolute atomic E-state index is 0.0176. The summed E-state index contributed by atoms with van der Waals surface area (Å²) in [4.78, 5) is 34.7. The number of piperidine rings is 1. The molecule has 34 heavy (non-hydrogen) atoms. The zero-order valence-corrected chi connectivity index (χ0v) is 19.2. The molecule has 176 valence electrons. The van der Waals surface area contributed by atoms with E-state index in [4.69, 9.17) is 16.3 Å². The molecule has 0 unspecified atom stereocenters. The number of fused-ring (bicyclic) bond motifs is 1. The number of ether oxygens (including phenoxy) is 1. The molecule has 1 fully saturated rings. The molecule has 2 heterocycles. The van der Waals surface area contributed by atoms with Crippen LogP contribution in [-0.2, 0) is 9.59 Å². The number of methoxy groups -OCH3 is 1. The van der Waals surface area contributed by atoms with Crippen LogP contribution in [-0.4, -0.2) is 46.9 Å². The van der Waals surface area contributed by atoms with Gasteiger partial charge in [0.1, 0.15) is 23.7 Å². The van der Waals surface area contributed by atoms with Crippen LogP contribution >= 0.6 is 11.6 Å². The van der Waals surface area contributed by atoms with Crippen molar-refractivity contribution in [1.29, 1.82) is 0 Å². The van der Waals surface area contributed by atoms with Crippen molar-refractivity contribution in [3.05, 3.63) is 59.7 Å². The summed E-state index contributed by atoms with van der Waals surface area (Å²) < 4.78 is 18.9. The van der Waals surface area contributed by atoms with Crippen molar-refractivity contribution in [2.45, 2.75) is 19.3 Å². The fourth-order valence-corrected chi connectivity index (χ4v) is 3.86. The highest BCUT2D eigenvalue weighted by Gasteiger charge is 2.16. The standard InChI is InChI=1S/C24H23ClFN5O3/c1-34-21-13-19-16(24(28-14-27-19)29-15-7-8-18(26)17(25)11-15)12-20(21)30-22(32)5-4-10-31-9-3-2-6-23(31)33/h4-5,7-8,11-14H,2-3,6,9-10H2,1H3,(H,30,32)(H,27,28,29)/b5-4+. The number of hydrogen-bond donors (Lipinski definition) is 2. The largest absolute Gasteiger partial charge is 0.494 e. The Hall–Kier alpha value is -3.72. The Kier molecular flexibility index (Phi) is 7.22. The highest BCUT2D eigenvalue weighted by atomic mass is 35.5. The van der Waals surface area contributed by atoms with E-state index in [1.54, 1.807) is 29.2 Å². The summed E-state index contributed by atoms with van der Waals surface area (Å²) in [5.41, 5.74) is 1.55. The fourth-order valence-electron chi connectivity index (χ4n) is 3.68. The molecule has 0 atom stereocenters. The molecule has 0 bridgehead atoms. The maximum atomic E-state index is 13.5. The van der Waals surface area contributed by atoms with Crippen molar-refractivity contribution in [3.8, 4) is 5.75 Å². The van der Waals surface area contributed by atoms with Gasteiger partial charge >= 0.3 is 0 Å². The van der Waals surface area contributed by atoms with E-state index in [2.05, 4.69) is 20.6 Å².